The molecule has 0 atom stereocenters. The van der Waals surface area contributed by atoms with Crippen LogP contribution in [0.2, 0.25) is 10.2 Å². The van der Waals surface area contributed by atoms with Gasteiger partial charge >= 0.3 is 0 Å². The third kappa shape index (κ3) is 4.46. The number of aromatic nitrogens is 1. The summed E-state index contributed by atoms with van der Waals surface area (Å²) in [6, 6.07) is 7.98. The zero-order valence-electron chi connectivity index (χ0n) is 12.3. The zero-order valence-corrected chi connectivity index (χ0v) is 16.2. The van der Waals surface area contributed by atoms with Crippen molar-refractivity contribution in [3.8, 4) is 0 Å². The van der Waals surface area contributed by atoms with E-state index in [1.54, 1.807) is 24.3 Å². The average molecular weight is 453 g/mol. The number of hydrogen-bond acceptors (Lipinski definition) is 4. The van der Waals surface area contributed by atoms with E-state index in [-0.39, 0.29) is 10.0 Å². The Morgan fingerprint density at radius 2 is 2.00 bits per heavy atom. The summed E-state index contributed by atoms with van der Waals surface area (Å²) < 4.78 is 26.4. The van der Waals surface area contributed by atoms with Crippen molar-refractivity contribution in [1.29, 1.82) is 0 Å². The van der Waals surface area contributed by atoms with Crippen molar-refractivity contribution in [3.63, 3.8) is 0 Å². The quantitative estimate of drug-likeness (QED) is 0.705. The fourth-order valence-electron chi connectivity index (χ4n) is 1.79. The highest BCUT2D eigenvalue weighted by atomic mass is 79.9. The maximum absolute atomic E-state index is 12.5. The first kappa shape index (κ1) is 19.1. The lowest BCUT2D eigenvalue weighted by atomic mass is 10.3. The number of rotatable bonds is 5. The van der Waals surface area contributed by atoms with E-state index in [2.05, 4.69) is 26.2 Å². The zero-order chi connectivity index (χ0) is 17.9. The number of nitrogens with zero attached hydrogens (tertiary/aromatic N) is 2. The van der Waals surface area contributed by atoms with Gasteiger partial charge in [-0.1, -0.05) is 35.3 Å². The molecule has 0 spiro atoms. The Morgan fingerprint density at radius 3 is 2.67 bits per heavy atom. The summed E-state index contributed by atoms with van der Waals surface area (Å²) in [5.74, 6) is -0.534. The van der Waals surface area contributed by atoms with Gasteiger partial charge in [0.2, 0.25) is 15.9 Å². The van der Waals surface area contributed by atoms with Gasteiger partial charge in [0.1, 0.15) is 10.0 Å². The standard InChI is InChI=1S/C14H12BrCl2N3O3S/c1-20(8-13(21)19-11-5-3-2-4-10(11)16)24(22,23)12-6-9(15)7-18-14(12)17/h2-7H,8H2,1H3,(H,19,21). The summed E-state index contributed by atoms with van der Waals surface area (Å²) in [6.07, 6.45) is 1.38. The van der Waals surface area contributed by atoms with Gasteiger partial charge in [0.25, 0.3) is 0 Å². The number of amides is 1. The summed E-state index contributed by atoms with van der Waals surface area (Å²) in [6.45, 7) is -0.406. The number of carbonyl (C=O) groups is 1. The lowest BCUT2D eigenvalue weighted by molar-refractivity contribution is -0.116. The highest BCUT2D eigenvalue weighted by Gasteiger charge is 2.26. The van der Waals surface area contributed by atoms with E-state index in [9.17, 15) is 13.2 Å². The van der Waals surface area contributed by atoms with Crippen LogP contribution in [-0.2, 0) is 14.8 Å². The van der Waals surface area contributed by atoms with E-state index < -0.39 is 22.5 Å². The SMILES string of the molecule is CN(CC(=O)Nc1ccccc1Cl)S(=O)(=O)c1cc(Br)cnc1Cl. The molecule has 24 heavy (non-hydrogen) atoms. The van der Waals surface area contributed by atoms with Crippen molar-refractivity contribution in [2.75, 3.05) is 18.9 Å². The monoisotopic (exact) mass is 451 g/mol. The van der Waals surface area contributed by atoms with Crippen LogP contribution >= 0.6 is 39.1 Å². The van der Waals surface area contributed by atoms with E-state index >= 15 is 0 Å². The van der Waals surface area contributed by atoms with Crippen molar-refractivity contribution >= 4 is 60.7 Å². The van der Waals surface area contributed by atoms with Crippen LogP contribution in [0.15, 0.2) is 45.9 Å². The van der Waals surface area contributed by atoms with Crippen LogP contribution < -0.4 is 5.32 Å². The van der Waals surface area contributed by atoms with Gasteiger partial charge < -0.3 is 5.32 Å². The third-order valence-electron chi connectivity index (χ3n) is 2.98. The summed E-state index contributed by atoms with van der Waals surface area (Å²) in [5, 5.41) is 2.74. The number of para-hydroxylation sites is 1. The van der Waals surface area contributed by atoms with E-state index in [4.69, 9.17) is 23.2 Å². The van der Waals surface area contributed by atoms with Gasteiger partial charge in [-0.2, -0.15) is 4.31 Å². The highest BCUT2D eigenvalue weighted by molar-refractivity contribution is 9.10. The van der Waals surface area contributed by atoms with Crippen molar-refractivity contribution < 1.29 is 13.2 Å². The van der Waals surface area contributed by atoms with Crippen LogP contribution in [0, 0.1) is 0 Å². The fourth-order valence-corrected chi connectivity index (χ4v) is 4.02. The Labute approximate surface area is 158 Å². The molecule has 0 saturated heterocycles. The number of halogens is 3. The minimum Gasteiger partial charge on any atom is -0.324 e. The normalized spacial score (nSPS) is 11.5. The first-order valence-corrected chi connectivity index (χ1v) is 9.52. The van der Waals surface area contributed by atoms with Crippen LogP contribution in [0.4, 0.5) is 5.69 Å². The topological polar surface area (TPSA) is 79.4 Å². The molecule has 0 unspecified atom stereocenters. The second kappa shape index (κ2) is 7.79. The number of benzene rings is 1. The molecule has 0 aliphatic rings. The minimum absolute atomic E-state index is 0.170. The predicted molar refractivity (Wildman–Crippen MR) is 96.8 cm³/mol. The molecule has 1 aromatic carbocycles. The molecular formula is C14H12BrCl2N3O3S. The maximum atomic E-state index is 12.5. The molecule has 6 nitrogen and oxygen atoms in total. The highest BCUT2D eigenvalue weighted by Crippen LogP contribution is 2.25. The first-order valence-electron chi connectivity index (χ1n) is 6.53. The van der Waals surface area contributed by atoms with E-state index in [0.717, 1.165) is 4.31 Å². The molecule has 0 aliphatic heterocycles. The van der Waals surface area contributed by atoms with Crippen molar-refractivity contribution in [1.82, 2.24) is 9.29 Å². The Hall–Kier alpha value is -1.19. The number of nitrogens with one attached hydrogen (secondary N) is 1. The van der Waals surface area contributed by atoms with E-state index in [1.807, 2.05) is 0 Å². The van der Waals surface area contributed by atoms with Crippen molar-refractivity contribution in [2.45, 2.75) is 4.90 Å². The van der Waals surface area contributed by atoms with Gasteiger partial charge in [0, 0.05) is 17.7 Å². The molecule has 2 aromatic rings. The number of sulfonamides is 1. The molecule has 1 heterocycles. The van der Waals surface area contributed by atoms with Crippen molar-refractivity contribution in [3.05, 3.63) is 51.2 Å². The molecule has 0 fully saturated rings. The number of likely N-dealkylation sites (N-methyl/N-ethyl adjacent to an activating group) is 1. The van der Waals surface area contributed by atoms with Gasteiger partial charge in [-0.05, 0) is 34.1 Å². The lowest BCUT2D eigenvalue weighted by Crippen LogP contribution is -2.35. The molecule has 2 rings (SSSR count). The third-order valence-corrected chi connectivity index (χ3v) is 5.97. The van der Waals surface area contributed by atoms with E-state index in [1.165, 1.54) is 19.3 Å². The van der Waals surface area contributed by atoms with Crippen molar-refractivity contribution in [2.24, 2.45) is 0 Å². The second-order valence-corrected chi connectivity index (χ2v) is 8.43. The Kier molecular flexibility index (Phi) is 6.22. The van der Waals surface area contributed by atoms with Gasteiger partial charge in [-0.25, -0.2) is 13.4 Å². The summed E-state index contributed by atoms with van der Waals surface area (Å²) >= 11 is 15.0. The summed E-state index contributed by atoms with van der Waals surface area (Å²) in [7, 11) is -2.70. The van der Waals surface area contributed by atoms with Crippen LogP contribution in [0.1, 0.15) is 0 Å². The maximum Gasteiger partial charge on any atom is 0.246 e. The molecule has 1 aromatic heterocycles. The second-order valence-electron chi connectivity index (χ2n) is 4.73. The average Bonchev–Trinajstić information content (AvgIpc) is 2.51. The minimum atomic E-state index is -3.97. The van der Waals surface area contributed by atoms with Crippen LogP contribution in [0.25, 0.3) is 0 Å². The largest absolute Gasteiger partial charge is 0.324 e. The van der Waals surface area contributed by atoms with Crippen LogP contribution in [-0.4, -0.2) is 37.2 Å². The number of pyridine rings is 1. The van der Waals surface area contributed by atoms with Crippen LogP contribution in [0.5, 0.6) is 0 Å². The molecule has 128 valence electrons. The summed E-state index contributed by atoms with van der Waals surface area (Å²) in [4.78, 5) is 15.7. The summed E-state index contributed by atoms with van der Waals surface area (Å²) in [5.41, 5.74) is 0.400. The fraction of sp³-hybridized carbons (Fsp3) is 0.143. The molecule has 10 heteroatoms. The Morgan fingerprint density at radius 1 is 1.33 bits per heavy atom. The molecule has 0 bridgehead atoms. The molecule has 0 aliphatic carbocycles. The Balaban J connectivity index is 2.16. The lowest BCUT2D eigenvalue weighted by Gasteiger charge is -2.17. The molecule has 0 saturated carbocycles. The first-order chi connectivity index (χ1) is 11.2. The van der Waals surface area contributed by atoms with Gasteiger partial charge in [0.15, 0.2) is 0 Å². The number of hydrogen-bond donors (Lipinski definition) is 1. The van der Waals surface area contributed by atoms with E-state index in [0.29, 0.717) is 15.2 Å². The predicted octanol–water partition coefficient (Wildman–Crippen LogP) is 3.41. The number of anilines is 1. The van der Waals surface area contributed by atoms with Gasteiger partial charge in [0.05, 0.1) is 17.3 Å². The Bertz CT molecular complexity index is 877. The molecule has 0 radical (unpaired) electrons. The molecule has 1 amide bonds. The smallest absolute Gasteiger partial charge is 0.246 e. The van der Waals surface area contributed by atoms with Gasteiger partial charge in [-0.15, -0.1) is 0 Å². The molecular weight excluding hydrogens is 441 g/mol. The van der Waals surface area contributed by atoms with Gasteiger partial charge in [-0.3, -0.25) is 4.79 Å². The number of carbonyl (C=O) groups excluding carboxylic acids is 1. The molecule has 1 N–H and O–H groups in total. The van der Waals surface area contributed by atoms with Crippen LogP contribution in [0.3, 0.4) is 0 Å².